The van der Waals surface area contributed by atoms with Crippen LogP contribution in [0.3, 0.4) is 0 Å². The second-order valence-corrected chi connectivity index (χ2v) is 10.3. The summed E-state index contributed by atoms with van der Waals surface area (Å²) in [5, 5.41) is 7.12. The number of fused-ring (bicyclic) bond motifs is 2. The van der Waals surface area contributed by atoms with E-state index in [0.717, 1.165) is 5.56 Å². The number of para-hydroxylation sites is 1. The standard InChI is InChI=1S/C20H19Cl2N7O2S/c21-12-5-6-15(22)17(8-12)32(30,31)28-10-13(7-11-3-1-2-4-16(11)28)29-18(23)14-9-25-27-19(14)26-20(29)24/h1-6,8-9,13,18H,7,10,23H2,(H3,24,25,26,27). The number of nitrogens with two attached hydrogens (primary N) is 2. The summed E-state index contributed by atoms with van der Waals surface area (Å²) in [5.74, 6) is 0.689. The molecular weight excluding hydrogens is 473 g/mol. The van der Waals surface area contributed by atoms with Crippen LogP contribution in [-0.4, -0.2) is 42.1 Å². The molecule has 166 valence electrons. The quantitative estimate of drug-likeness (QED) is 0.515. The Labute approximate surface area is 194 Å². The average Bonchev–Trinajstić information content (AvgIpc) is 3.23. The van der Waals surface area contributed by atoms with Crippen LogP contribution in [-0.2, 0) is 16.4 Å². The van der Waals surface area contributed by atoms with Gasteiger partial charge in [-0.2, -0.15) is 10.1 Å². The lowest BCUT2D eigenvalue weighted by molar-refractivity contribution is 0.233. The first kappa shape index (κ1) is 21.1. The number of nitrogens with zero attached hydrogens (tertiary/aromatic N) is 4. The van der Waals surface area contributed by atoms with Crippen molar-refractivity contribution in [3.8, 4) is 0 Å². The van der Waals surface area contributed by atoms with Crippen LogP contribution in [0, 0.1) is 0 Å². The zero-order valence-corrected chi connectivity index (χ0v) is 18.9. The number of guanidine groups is 1. The summed E-state index contributed by atoms with van der Waals surface area (Å²) in [4.78, 5) is 6.02. The molecule has 5 N–H and O–H groups in total. The van der Waals surface area contributed by atoms with Gasteiger partial charge in [-0.05, 0) is 36.2 Å². The van der Waals surface area contributed by atoms with E-state index >= 15 is 0 Å². The summed E-state index contributed by atoms with van der Waals surface area (Å²) in [6, 6.07) is 11.3. The molecule has 0 bridgehead atoms. The maximum atomic E-state index is 13.7. The Morgan fingerprint density at radius 2 is 1.94 bits per heavy atom. The molecule has 3 aromatic rings. The van der Waals surface area contributed by atoms with Gasteiger partial charge in [0.25, 0.3) is 10.0 Å². The molecule has 9 nitrogen and oxygen atoms in total. The van der Waals surface area contributed by atoms with Gasteiger partial charge in [0.1, 0.15) is 11.1 Å². The van der Waals surface area contributed by atoms with Crippen LogP contribution in [0.25, 0.3) is 0 Å². The molecule has 2 aromatic carbocycles. The smallest absolute Gasteiger partial charge is 0.265 e. The first-order valence-electron chi connectivity index (χ1n) is 9.74. The number of aliphatic imine (C=N–C) groups is 1. The van der Waals surface area contributed by atoms with Gasteiger partial charge in [-0.15, -0.1) is 0 Å². The summed E-state index contributed by atoms with van der Waals surface area (Å²) >= 11 is 12.3. The predicted octanol–water partition coefficient (Wildman–Crippen LogP) is 2.76. The number of H-pyrrole nitrogens is 1. The number of rotatable bonds is 3. The van der Waals surface area contributed by atoms with Crippen LogP contribution in [0.2, 0.25) is 10.0 Å². The normalized spacial score (nSPS) is 20.5. The molecule has 0 fully saturated rings. The van der Waals surface area contributed by atoms with Gasteiger partial charge >= 0.3 is 0 Å². The lowest BCUT2D eigenvalue weighted by Crippen LogP contribution is -2.57. The topological polar surface area (TPSA) is 134 Å². The van der Waals surface area contributed by atoms with E-state index in [1.165, 1.54) is 16.4 Å². The van der Waals surface area contributed by atoms with Crippen molar-refractivity contribution >= 4 is 50.7 Å². The highest BCUT2D eigenvalue weighted by Gasteiger charge is 2.40. The Morgan fingerprint density at radius 1 is 1.16 bits per heavy atom. The average molecular weight is 492 g/mol. The number of aromatic nitrogens is 2. The van der Waals surface area contributed by atoms with Crippen molar-refractivity contribution in [2.75, 3.05) is 10.8 Å². The fourth-order valence-corrected chi connectivity index (χ4v) is 6.50. The van der Waals surface area contributed by atoms with Crippen molar-refractivity contribution in [3.63, 3.8) is 0 Å². The van der Waals surface area contributed by atoms with E-state index in [4.69, 9.17) is 34.7 Å². The number of sulfonamides is 1. The Bertz CT molecular complexity index is 1340. The molecule has 0 radical (unpaired) electrons. The summed E-state index contributed by atoms with van der Waals surface area (Å²) in [6.45, 7) is 0.0965. The molecule has 2 aliphatic heterocycles. The number of hydrogen-bond donors (Lipinski definition) is 3. The minimum atomic E-state index is -4.03. The van der Waals surface area contributed by atoms with E-state index < -0.39 is 16.2 Å². The minimum Gasteiger partial charge on any atom is -0.369 e. The predicted molar refractivity (Wildman–Crippen MR) is 124 cm³/mol. The Balaban J connectivity index is 1.60. The fraction of sp³-hybridized carbons (Fsp3) is 0.200. The van der Waals surface area contributed by atoms with Gasteiger partial charge in [-0.25, -0.2) is 8.42 Å². The summed E-state index contributed by atoms with van der Waals surface area (Å²) in [5.41, 5.74) is 14.8. The maximum absolute atomic E-state index is 13.7. The van der Waals surface area contributed by atoms with Crippen molar-refractivity contribution in [1.29, 1.82) is 0 Å². The molecule has 32 heavy (non-hydrogen) atoms. The third-order valence-electron chi connectivity index (χ3n) is 5.70. The maximum Gasteiger partial charge on any atom is 0.265 e. The summed E-state index contributed by atoms with van der Waals surface area (Å²) < 4.78 is 28.8. The molecule has 3 heterocycles. The third-order valence-corrected chi connectivity index (χ3v) is 8.20. The third kappa shape index (κ3) is 3.30. The van der Waals surface area contributed by atoms with Gasteiger partial charge in [0.05, 0.1) is 35.1 Å². The molecule has 0 amide bonds. The number of aromatic amines is 1. The van der Waals surface area contributed by atoms with Gasteiger partial charge in [-0.1, -0.05) is 41.4 Å². The molecule has 2 aliphatic rings. The molecule has 12 heteroatoms. The molecular formula is C20H19Cl2N7O2S. The summed E-state index contributed by atoms with van der Waals surface area (Å²) in [7, 11) is -4.03. The first-order valence-corrected chi connectivity index (χ1v) is 11.9. The van der Waals surface area contributed by atoms with E-state index in [1.807, 2.05) is 12.1 Å². The number of halogens is 2. The van der Waals surface area contributed by atoms with Gasteiger partial charge in [0, 0.05) is 5.02 Å². The molecule has 1 aromatic heterocycles. The first-order chi connectivity index (χ1) is 15.3. The molecule has 0 spiro atoms. The lowest BCUT2D eigenvalue weighted by Gasteiger charge is -2.44. The van der Waals surface area contributed by atoms with Crippen molar-refractivity contribution in [1.82, 2.24) is 15.1 Å². The largest absolute Gasteiger partial charge is 0.369 e. The Kier molecular flexibility index (Phi) is 5.05. The van der Waals surface area contributed by atoms with E-state index in [9.17, 15) is 8.42 Å². The van der Waals surface area contributed by atoms with Crippen LogP contribution >= 0.6 is 23.2 Å². The number of anilines is 1. The zero-order valence-electron chi connectivity index (χ0n) is 16.6. The zero-order chi connectivity index (χ0) is 22.6. The van der Waals surface area contributed by atoms with Crippen LogP contribution in [0.1, 0.15) is 17.3 Å². The van der Waals surface area contributed by atoms with Crippen molar-refractivity contribution in [3.05, 3.63) is 69.8 Å². The Hall–Kier alpha value is -2.79. The second kappa shape index (κ2) is 7.66. The minimum absolute atomic E-state index is 0.0659. The van der Waals surface area contributed by atoms with Crippen LogP contribution < -0.4 is 15.8 Å². The van der Waals surface area contributed by atoms with Gasteiger partial charge in [0.15, 0.2) is 11.8 Å². The molecule has 0 aliphatic carbocycles. The van der Waals surface area contributed by atoms with Crippen molar-refractivity contribution in [2.24, 2.45) is 16.5 Å². The van der Waals surface area contributed by atoms with E-state index in [1.54, 1.807) is 29.3 Å². The molecule has 0 saturated carbocycles. The van der Waals surface area contributed by atoms with Gasteiger partial charge < -0.3 is 16.4 Å². The van der Waals surface area contributed by atoms with Crippen LogP contribution in [0.5, 0.6) is 0 Å². The number of hydrogen-bond acceptors (Lipinski definition) is 7. The number of benzene rings is 2. The SMILES string of the molecule is NC1=Nc2[nH]ncc2C(N)N1C1Cc2ccccc2N(S(=O)(=O)c2cc(Cl)ccc2Cl)C1. The van der Waals surface area contributed by atoms with Gasteiger partial charge in [-0.3, -0.25) is 9.40 Å². The summed E-state index contributed by atoms with van der Waals surface area (Å²) in [6.07, 6.45) is 1.50. The molecule has 2 unspecified atom stereocenters. The number of nitrogens with one attached hydrogen (secondary N) is 1. The highest BCUT2D eigenvalue weighted by atomic mass is 35.5. The monoisotopic (exact) mass is 491 g/mol. The van der Waals surface area contributed by atoms with Gasteiger partial charge in [0.2, 0.25) is 0 Å². The van der Waals surface area contributed by atoms with Crippen molar-refractivity contribution in [2.45, 2.75) is 23.5 Å². The Morgan fingerprint density at radius 3 is 2.75 bits per heavy atom. The molecule has 0 saturated heterocycles. The van der Waals surface area contributed by atoms with E-state index in [2.05, 4.69) is 15.2 Å². The molecule has 2 atom stereocenters. The molecule has 5 rings (SSSR count). The van der Waals surface area contributed by atoms with Crippen LogP contribution in [0.15, 0.2) is 58.5 Å². The lowest BCUT2D eigenvalue weighted by atomic mass is 9.97. The second-order valence-electron chi connectivity index (χ2n) is 7.59. The van der Waals surface area contributed by atoms with E-state index in [-0.39, 0.29) is 33.5 Å². The highest BCUT2D eigenvalue weighted by molar-refractivity contribution is 7.93. The van der Waals surface area contributed by atoms with Crippen molar-refractivity contribution < 1.29 is 8.42 Å². The fourth-order valence-electron chi connectivity index (χ4n) is 4.22. The highest BCUT2D eigenvalue weighted by Crippen LogP contribution is 2.38. The van der Waals surface area contributed by atoms with E-state index in [0.29, 0.717) is 23.5 Å². The van der Waals surface area contributed by atoms with Crippen LogP contribution in [0.4, 0.5) is 11.5 Å².